The van der Waals surface area contributed by atoms with Crippen molar-refractivity contribution in [2.75, 3.05) is 40.0 Å². The second-order valence-electron chi connectivity index (χ2n) is 4.17. The maximum atomic E-state index is 8.99. The van der Waals surface area contributed by atoms with E-state index in [9.17, 15) is 0 Å². The minimum atomic E-state index is 0.373. The molecule has 0 saturated carbocycles. The summed E-state index contributed by atoms with van der Waals surface area (Å²) in [6.07, 6.45) is 4.73. The number of hydrogen-bond acceptors (Lipinski definition) is 3. The molecule has 1 N–H and O–H groups in total. The highest BCUT2D eigenvalue weighted by Gasteiger charge is 2.17. The van der Waals surface area contributed by atoms with Crippen LogP contribution in [0.25, 0.3) is 0 Å². The number of likely N-dealkylation sites (tertiary alicyclic amines) is 1. The van der Waals surface area contributed by atoms with E-state index < -0.39 is 0 Å². The molecule has 0 aromatic carbocycles. The number of piperidine rings is 1. The van der Waals surface area contributed by atoms with Crippen molar-refractivity contribution < 1.29 is 9.84 Å². The van der Waals surface area contributed by atoms with Gasteiger partial charge in [-0.25, -0.2) is 0 Å². The number of aliphatic hydroxyl groups is 1. The second-order valence-corrected chi connectivity index (χ2v) is 4.17. The molecule has 1 rings (SSSR count). The molecule has 0 amide bonds. The molecule has 0 aromatic heterocycles. The maximum absolute atomic E-state index is 8.99. The first-order valence-corrected chi connectivity index (χ1v) is 5.69. The van der Waals surface area contributed by atoms with Gasteiger partial charge in [-0.15, -0.1) is 0 Å². The van der Waals surface area contributed by atoms with Crippen molar-refractivity contribution in [3.63, 3.8) is 0 Å². The second kappa shape index (κ2) is 7.21. The molecule has 0 unspecified atom stereocenters. The molecule has 14 heavy (non-hydrogen) atoms. The zero-order valence-corrected chi connectivity index (χ0v) is 9.24. The molecule has 0 bridgehead atoms. The third-order valence-corrected chi connectivity index (χ3v) is 3.04. The number of aliphatic hydroxyl groups excluding tert-OH is 1. The van der Waals surface area contributed by atoms with Gasteiger partial charge >= 0.3 is 0 Å². The van der Waals surface area contributed by atoms with Crippen molar-refractivity contribution in [1.29, 1.82) is 0 Å². The Labute approximate surface area is 87.1 Å². The normalized spacial score (nSPS) is 20.1. The fraction of sp³-hybridized carbons (Fsp3) is 1.00. The Morgan fingerprint density at radius 3 is 2.57 bits per heavy atom. The molecule has 0 spiro atoms. The van der Waals surface area contributed by atoms with E-state index in [4.69, 9.17) is 9.84 Å². The lowest BCUT2D eigenvalue weighted by Gasteiger charge is -2.30. The average molecular weight is 201 g/mol. The summed E-state index contributed by atoms with van der Waals surface area (Å²) in [6, 6.07) is 0. The first kappa shape index (κ1) is 12.0. The van der Waals surface area contributed by atoms with E-state index in [-0.39, 0.29) is 0 Å². The average Bonchev–Trinajstić information content (AvgIpc) is 2.25. The van der Waals surface area contributed by atoms with Gasteiger partial charge in [-0.3, -0.25) is 0 Å². The number of ether oxygens (including phenoxy) is 1. The fourth-order valence-electron chi connectivity index (χ4n) is 1.97. The molecule has 0 radical (unpaired) electrons. The van der Waals surface area contributed by atoms with E-state index in [0.29, 0.717) is 12.5 Å². The largest absolute Gasteiger partial charge is 0.396 e. The monoisotopic (exact) mass is 201 g/mol. The van der Waals surface area contributed by atoms with E-state index in [1.54, 1.807) is 7.11 Å². The van der Waals surface area contributed by atoms with Crippen molar-refractivity contribution in [1.82, 2.24) is 4.90 Å². The lowest BCUT2D eigenvalue weighted by Crippen LogP contribution is -2.35. The first-order chi connectivity index (χ1) is 6.86. The van der Waals surface area contributed by atoms with Crippen LogP contribution in [0.2, 0.25) is 0 Å². The van der Waals surface area contributed by atoms with Crippen LogP contribution >= 0.6 is 0 Å². The van der Waals surface area contributed by atoms with Gasteiger partial charge in [0.05, 0.1) is 0 Å². The Morgan fingerprint density at radius 2 is 2.00 bits per heavy atom. The number of unbranched alkanes of at least 4 members (excludes halogenated alkanes) is 1. The molecule has 3 heteroatoms. The van der Waals surface area contributed by atoms with Crippen molar-refractivity contribution in [2.45, 2.75) is 25.7 Å². The zero-order chi connectivity index (χ0) is 10.2. The number of nitrogens with zero attached hydrogens (tertiary/aromatic N) is 1. The Hall–Kier alpha value is -0.120. The zero-order valence-electron chi connectivity index (χ0n) is 9.24. The van der Waals surface area contributed by atoms with E-state index in [0.717, 1.165) is 26.1 Å². The Morgan fingerprint density at radius 1 is 1.29 bits per heavy atom. The van der Waals surface area contributed by atoms with E-state index in [2.05, 4.69) is 4.90 Å². The number of hydrogen-bond donors (Lipinski definition) is 1. The first-order valence-electron chi connectivity index (χ1n) is 5.69. The predicted octanol–water partition coefficient (Wildman–Crippen LogP) is 1.12. The summed E-state index contributed by atoms with van der Waals surface area (Å²) in [5, 5.41) is 8.99. The van der Waals surface area contributed by atoms with E-state index >= 15 is 0 Å². The molecular weight excluding hydrogens is 178 g/mol. The number of rotatable bonds is 6. The predicted molar refractivity (Wildman–Crippen MR) is 57.4 cm³/mol. The highest BCUT2D eigenvalue weighted by Crippen LogP contribution is 2.16. The molecule has 1 fully saturated rings. The summed E-state index contributed by atoms with van der Waals surface area (Å²) in [6.45, 7) is 4.78. The minimum absolute atomic E-state index is 0.373. The summed E-state index contributed by atoms with van der Waals surface area (Å²) in [5.74, 6) is 0.560. The van der Waals surface area contributed by atoms with Crippen molar-refractivity contribution in [3.05, 3.63) is 0 Å². The molecule has 1 aliphatic rings. The Bertz CT molecular complexity index is 133. The summed E-state index contributed by atoms with van der Waals surface area (Å²) in [4.78, 5) is 2.50. The van der Waals surface area contributed by atoms with Crippen molar-refractivity contribution >= 4 is 0 Å². The molecule has 0 aliphatic carbocycles. The standard InChI is InChI=1S/C11H23NO2/c1-14-9-3-2-6-12-7-4-11(10-13)5-8-12/h11,13H,2-10H2,1H3. The molecule has 3 nitrogen and oxygen atoms in total. The Kier molecular flexibility index (Phi) is 6.15. The van der Waals surface area contributed by atoms with Crippen LogP contribution in [-0.4, -0.2) is 50.0 Å². The van der Waals surface area contributed by atoms with Crippen LogP contribution in [0.5, 0.6) is 0 Å². The lowest BCUT2D eigenvalue weighted by molar-refractivity contribution is 0.126. The van der Waals surface area contributed by atoms with Gasteiger partial charge in [-0.05, 0) is 51.2 Å². The van der Waals surface area contributed by atoms with E-state index in [1.165, 1.54) is 25.8 Å². The van der Waals surface area contributed by atoms with Gasteiger partial charge in [0.15, 0.2) is 0 Å². The van der Waals surface area contributed by atoms with Gasteiger partial charge in [0.25, 0.3) is 0 Å². The van der Waals surface area contributed by atoms with Gasteiger partial charge < -0.3 is 14.7 Å². The van der Waals surface area contributed by atoms with Gasteiger partial charge in [0, 0.05) is 20.3 Å². The van der Waals surface area contributed by atoms with Gasteiger partial charge in [-0.2, -0.15) is 0 Å². The highest BCUT2D eigenvalue weighted by molar-refractivity contribution is 4.71. The van der Waals surface area contributed by atoms with Crippen LogP contribution in [0, 0.1) is 5.92 Å². The van der Waals surface area contributed by atoms with Gasteiger partial charge in [0.2, 0.25) is 0 Å². The fourth-order valence-corrected chi connectivity index (χ4v) is 1.97. The van der Waals surface area contributed by atoms with Crippen LogP contribution < -0.4 is 0 Å². The smallest absolute Gasteiger partial charge is 0.0462 e. The molecular formula is C11H23NO2. The maximum Gasteiger partial charge on any atom is 0.0462 e. The van der Waals surface area contributed by atoms with Crippen LogP contribution in [0.4, 0.5) is 0 Å². The lowest BCUT2D eigenvalue weighted by atomic mass is 9.98. The van der Waals surface area contributed by atoms with Crippen molar-refractivity contribution in [3.8, 4) is 0 Å². The molecule has 0 aromatic rings. The topological polar surface area (TPSA) is 32.7 Å². The van der Waals surface area contributed by atoms with Crippen LogP contribution in [0.15, 0.2) is 0 Å². The minimum Gasteiger partial charge on any atom is -0.396 e. The van der Waals surface area contributed by atoms with E-state index in [1.807, 2.05) is 0 Å². The summed E-state index contributed by atoms with van der Waals surface area (Å²) < 4.78 is 5.01. The summed E-state index contributed by atoms with van der Waals surface area (Å²) in [5.41, 5.74) is 0. The summed E-state index contributed by atoms with van der Waals surface area (Å²) in [7, 11) is 1.76. The Balaban J connectivity index is 1.98. The van der Waals surface area contributed by atoms with Crippen LogP contribution in [0.1, 0.15) is 25.7 Å². The van der Waals surface area contributed by atoms with Gasteiger partial charge in [0.1, 0.15) is 0 Å². The van der Waals surface area contributed by atoms with Crippen molar-refractivity contribution in [2.24, 2.45) is 5.92 Å². The van der Waals surface area contributed by atoms with Crippen LogP contribution in [-0.2, 0) is 4.74 Å². The third-order valence-electron chi connectivity index (χ3n) is 3.04. The third kappa shape index (κ3) is 4.40. The molecule has 1 saturated heterocycles. The van der Waals surface area contributed by atoms with Gasteiger partial charge in [-0.1, -0.05) is 0 Å². The summed E-state index contributed by atoms with van der Waals surface area (Å²) >= 11 is 0. The SMILES string of the molecule is COCCCCN1CCC(CO)CC1. The molecule has 1 heterocycles. The molecule has 0 atom stereocenters. The molecule has 84 valence electrons. The quantitative estimate of drug-likeness (QED) is 0.654. The molecule has 1 aliphatic heterocycles. The van der Waals surface area contributed by atoms with Crippen LogP contribution in [0.3, 0.4) is 0 Å². The highest BCUT2D eigenvalue weighted by atomic mass is 16.5. The number of methoxy groups -OCH3 is 1.